The third-order valence-corrected chi connectivity index (χ3v) is 4.63. The van der Waals surface area contributed by atoms with E-state index in [0.29, 0.717) is 42.0 Å². The minimum absolute atomic E-state index is 0.339. The summed E-state index contributed by atoms with van der Waals surface area (Å²) in [7, 11) is 6.40. The normalized spacial score (nSPS) is 11.1. The van der Waals surface area contributed by atoms with E-state index in [-0.39, 0.29) is 0 Å². The van der Waals surface area contributed by atoms with Crippen LogP contribution in [0.1, 0.15) is 11.1 Å². The molecule has 0 heterocycles. The molecular formula is C19H24BrN3O4. The largest absolute Gasteiger partial charge is 0.493 e. The van der Waals surface area contributed by atoms with Crippen LogP contribution in [0.4, 0.5) is 0 Å². The number of nitrogens with one attached hydrogen (secondary N) is 1. The van der Waals surface area contributed by atoms with Crippen molar-refractivity contribution >= 4 is 21.9 Å². The fraction of sp³-hybridized carbons (Fsp3) is 0.316. The maximum Gasteiger partial charge on any atom is 0.189 e. The fourth-order valence-electron chi connectivity index (χ4n) is 2.43. The number of methoxy groups -OCH3 is 4. The zero-order valence-corrected chi connectivity index (χ0v) is 17.4. The Bertz CT molecular complexity index is 812. The second-order valence-corrected chi connectivity index (χ2v) is 6.40. The lowest BCUT2D eigenvalue weighted by atomic mass is 10.2. The van der Waals surface area contributed by atoms with Crippen molar-refractivity contribution in [3.63, 3.8) is 0 Å². The van der Waals surface area contributed by atoms with Gasteiger partial charge < -0.3 is 30.0 Å². The number of rotatable bonds is 8. The van der Waals surface area contributed by atoms with E-state index < -0.39 is 0 Å². The highest BCUT2D eigenvalue weighted by Gasteiger charge is 2.10. The average molecular weight is 438 g/mol. The van der Waals surface area contributed by atoms with Crippen LogP contribution in [-0.2, 0) is 13.1 Å². The van der Waals surface area contributed by atoms with E-state index in [1.807, 2.05) is 30.3 Å². The van der Waals surface area contributed by atoms with Crippen LogP contribution in [0.3, 0.4) is 0 Å². The molecular weight excluding hydrogens is 414 g/mol. The zero-order chi connectivity index (χ0) is 19.8. The lowest BCUT2D eigenvalue weighted by Gasteiger charge is -2.13. The Hall–Kier alpha value is -2.61. The van der Waals surface area contributed by atoms with Gasteiger partial charge in [0.05, 0.1) is 35.0 Å². The average Bonchev–Trinajstić information content (AvgIpc) is 2.70. The number of halogens is 1. The summed E-state index contributed by atoms with van der Waals surface area (Å²) < 4.78 is 22.0. The Morgan fingerprint density at radius 3 is 2.15 bits per heavy atom. The third kappa shape index (κ3) is 5.43. The molecule has 0 spiro atoms. The molecule has 0 bridgehead atoms. The molecule has 0 unspecified atom stereocenters. The molecule has 8 heteroatoms. The predicted molar refractivity (Wildman–Crippen MR) is 109 cm³/mol. The van der Waals surface area contributed by atoms with Crippen molar-refractivity contribution in [3.8, 4) is 23.0 Å². The van der Waals surface area contributed by atoms with Gasteiger partial charge in [-0.1, -0.05) is 22.0 Å². The van der Waals surface area contributed by atoms with Gasteiger partial charge in [-0.2, -0.15) is 0 Å². The molecule has 3 N–H and O–H groups in total. The van der Waals surface area contributed by atoms with Crippen molar-refractivity contribution < 1.29 is 18.9 Å². The molecule has 0 saturated heterocycles. The lowest BCUT2D eigenvalue weighted by molar-refractivity contribution is 0.354. The number of hydrogen-bond acceptors (Lipinski definition) is 5. The number of nitrogens with two attached hydrogens (primary N) is 1. The Kier molecular flexibility index (Phi) is 7.60. The molecule has 2 aromatic carbocycles. The highest BCUT2D eigenvalue weighted by molar-refractivity contribution is 9.10. The van der Waals surface area contributed by atoms with Gasteiger partial charge in [-0.15, -0.1) is 0 Å². The Morgan fingerprint density at radius 2 is 1.52 bits per heavy atom. The number of benzene rings is 2. The number of hydrogen-bond donors (Lipinski definition) is 2. The Labute approximate surface area is 167 Å². The minimum Gasteiger partial charge on any atom is -0.493 e. The van der Waals surface area contributed by atoms with E-state index in [0.717, 1.165) is 15.6 Å². The smallest absolute Gasteiger partial charge is 0.189 e. The predicted octanol–water partition coefficient (Wildman–Crippen LogP) is 3.09. The SMILES string of the molecule is COc1ccc(CN=C(N)NCc2cc(OC)c(OC)cc2Br)cc1OC. The number of aliphatic imine (C=N–C) groups is 1. The second-order valence-electron chi connectivity index (χ2n) is 5.54. The van der Waals surface area contributed by atoms with Gasteiger partial charge in [-0.05, 0) is 35.4 Å². The first-order valence-corrected chi connectivity index (χ1v) is 8.96. The van der Waals surface area contributed by atoms with Crippen molar-refractivity contribution in [2.75, 3.05) is 28.4 Å². The van der Waals surface area contributed by atoms with Gasteiger partial charge in [-0.25, -0.2) is 4.99 Å². The molecule has 0 amide bonds. The van der Waals surface area contributed by atoms with Crippen molar-refractivity contribution in [1.82, 2.24) is 5.32 Å². The standard InChI is InChI=1S/C19H24BrN3O4/c1-24-15-6-5-12(7-16(15)25-2)10-22-19(21)23-11-13-8-17(26-3)18(27-4)9-14(13)20/h5-9H,10-11H2,1-4H3,(H3,21,22,23). The van der Waals surface area contributed by atoms with E-state index in [4.69, 9.17) is 24.7 Å². The van der Waals surface area contributed by atoms with Crippen molar-refractivity contribution in [1.29, 1.82) is 0 Å². The molecule has 7 nitrogen and oxygen atoms in total. The lowest BCUT2D eigenvalue weighted by Crippen LogP contribution is -2.31. The molecule has 0 saturated carbocycles. The molecule has 2 aromatic rings. The fourth-order valence-corrected chi connectivity index (χ4v) is 2.89. The van der Waals surface area contributed by atoms with Crippen molar-refractivity contribution in [2.24, 2.45) is 10.7 Å². The maximum atomic E-state index is 5.98. The van der Waals surface area contributed by atoms with Gasteiger partial charge in [-0.3, -0.25) is 0 Å². The molecule has 27 heavy (non-hydrogen) atoms. The topological polar surface area (TPSA) is 87.3 Å². The highest BCUT2D eigenvalue weighted by Crippen LogP contribution is 2.33. The van der Waals surface area contributed by atoms with Crippen LogP contribution >= 0.6 is 15.9 Å². The summed E-state index contributed by atoms with van der Waals surface area (Å²) >= 11 is 3.52. The summed E-state index contributed by atoms with van der Waals surface area (Å²) in [5.41, 5.74) is 7.92. The first-order chi connectivity index (χ1) is 13.0. The molecule has 146 valence electrons. The highest BCUT2D eigenvalue weighted by atomic mass is 79.9. The summed E-state index contributed by atoms with van der Waals surface area (Å²) in [6, 6.07) is 9.38. The number of nitrogens with zero attached hydrogens (tertiary/aromatic N) is 1. The first kappa shape index (κ1) is 20.7. The summed E-state index contributed by atoms with van der Waals surface area (Å²) in [6.07, 6.45) is 0. The molecule has 0 aromatic heterocycles. The quantitative estimate of drug-likeness (QED) is 0.487. The molecule has 0 atom stereocenters. The van der Waals surface area contributed by atoms with Gasteiger partial charge in [0, 0.05) is 11.0 Å². The zero-order valence-electron chi connectivity index (χ0n) is 15.8. The van der Waals surface area contributed by atoms with Crippen molar-refractivity contribution in [2.45, 2.75) is 13.1 Å². The number of ether oxygens (including phenoxy) is 4. The van der Waals surface area contributed by atoms with E-state index in [1.54, 1.807) is 28.4 Å². The molecule has 2 rings (SSSR count). The van der Waals surface area contributed by atoms with Crippen LogP contribution in [0.5, 0.6) is 23.0 Å². The maximum absolute atomic E-state index is 5.98. The molecule has 0 aliphatic rings. The summed E-state index contributed by atoms with van der Waals surface area (Å²) in [5, 5.41) is 3.10. The van der Waals surface area contributed by atoms with Gasteiger partial charge in [0.15, 0.2) is 29.0 Å². The molecule has 0 aliphatic heterocycles. The summed E-state index contributed by atoms with van der Waals surface area (Å²) in [6.45, 7) is 0.911. The number of guanidine groups is 1. The minimum atomic E-state index is 0.339. The van der Waals surface area contributed by atoms with E-state index in [2.05, 4.69) is 26.2 Å². The molecule has 0 radical (unpaired) electrons. The van der Waals surface area contributed by atoms with E-state index in [1.165, 1.54) is 0 Å². The Balaban J connectivity index is 2.02. The van der Waals surface area contributed by atoms with Crippen LogP contribution < -0.4 is 30.0 Å². The van der Waals surface area contributed by atoms with Gasteiger partial charge >= 0.3 is 0 Å². The monoisotopic (exact) mass is 437 g/mol. The molecule has 0 aliphatic carbocycles. The second kappa shape index (κ2) is 9.91. The Morgan fingerprint density at radius 1 is 0.926 bits per heavy atom. The third-order valence-electron chi connectivity index (χ3n) is 3.89. The van der Waals surface area contributed by atoms with Crippen LogP contribution in [0, 0.1) is 0 Å². The van der Waals surface area contributed by atoms with E-state index in [9.17, 15) is 0 Å². The van der Waals surface area contributed by atoms with E-state index >= 15 is 0 Å². The van der Waals surface area contributed by atoms with Crippen LogP contribution in [0.25, 0.3) is 0 Å². The van der Waals surface area contributed by atoms with Crippen LogP contribution in [-0.4, -0.2) is 34.4 Å². The van der Waals surface area contributed by atoms with Crippen LogP contribution in [0.2, 0.25) is 0 Å². The molecule has 0 fully saturated rings. The summed E-state index contributed by atoms with van der Waals surface area (Å²) in [4.78, 5) is 4.36. The van der Waals surface area contributed by atoms with Crippen molar-refractivity contribution in [3.05, 3.63) is 45.9 Å². The van der Waals surface area contributed by atoms with Gasteiger partial charge in [0.2, 0.25) is 0 Å². The van der Waals surface area contributed by atoms with Crippen LogP contribution in [0.15, 0.2) is 39.8 Å². The first-order valence-electron chi connectivity index (χ1n) is 8.17. The summed E-state index contributed by atoms with van der Waals surface area (Å²) in [5.74, 6) is 2.98. The van der Waals surface area contributed by atoms with Gasteiger partial charge in [0.25, 0.3) is 0 Å². The van der Waals surface area contributed by atoms with Gasteiger partial charge in [0.1, 0.15) is 0 Å².